The normalized spacial score (nSPS) is 24.4. The van der Waals surface area contributed by atoms with Gasteiger partial charge in [-0.25, -0.2) is 4.79 Å². The molecule has 2 fully saturated rings. The third kappa shape index (κ3) is 3.69. The standard InChI is InChI=1S/C20H27N3O5/c1-4-20(14-7-8-16(27-3)13(2)10-14)18(25)23(19(26)22-20)12-17(24)21-11-15-6-5-9-28-15/h7-8,10,15H,4-6,9,11-12H2,1-3H3,(H,21,24)(H,22,26). The van der Waals surface area contributed by atoms with Crippen LogP contribution in [0.1, 0.15) is 37.3 Å². The summed E-state index contributed by atoms with van der Waals surface area (Å²) in [6, 6.07) is 4.82. The molecule has 0 spiro atoms. The van der Waals surface area contributed by atoms with Gasteiger partial charge in [0.1, 0.15) is 17.8 Å². The molecule has 152 valence electrons. The van der Waals surface area contributed by atoms with Gasteiger partial charge < -0.3 is 20.1 Å². The van der Waals surface area contributed by atoms with E-state index in [0.29, 0.717) is 30.9 Å². The lowest BCUT2D eigenvalue weighted by molar-refractivity contribution is -0.135. The summed E-state index contributed by atoms with van der Waals surface area (Å²) in [7, 11) is 1.58. The summed E-state index contributed by atoms with van der Waals surface area (Å²) in [5.74, 6) is -0.0919. The summed E-state index contributed by atoms with van der Waals surface area (Å²) in [4.78, 5) is 38.9. The quantitative estimate of drug-likeness (QED) is 0.688. The van der Waals surface area contributed by atoms with Crippen LogP contribution in [0.5, 0.6) is 5.75 Å². The molecular formula is C20H27N3O5. The van der Waals surface area contributed by atoms with Gasteiger partial charge in [-0.05, 0) is 49.4 Å². The molecule has 0 saturated carbocycles. The first-order valence-electron chi connectivity index (χ1n) is 9.58. The smallest absolute Gasteiger partial charge is 0.325 e. The molecule has 28 heavy (non-hydrogen) atoms. The number of amides is 4. The molecule has 2 saturated heterocycles. The number of hydrogen-bond donors (Lipinski definition) is 2. The van der Waals surface area contributed by atoms with Crippen LogP contribution in [0, 0.1) is 6.92 Å². The topological polar surface area (TPSA) is 97.0 Å². The first-order chi connectivity index (χ1) is 13.4. The molecule has 2 N–H and O–H groups in total. The minimum absolute atomic E-state index is 0.00376. The van der Waals surface area contributed by atoms with Crippen LogP contribution < -0.4 is 15.4 Å². The number of hydrogen-bond acceptors (Lipinski definition) is 5. The molecule has 8 heteroatoms. The van der Waals surface area contributed by atoms with Crippen LogP contribution in [0.25, 0.3) is 0 Å². The van der Waals surface area contributed by atoms with Crippen molar-refractivity contribution in [2.24, 2.45) is 0 Å². The number of carbonyl (C=O) groups excluding carboxylic acids is 3. The number of aryl methyl sites for hydroxylation is 1. The Morgan fingerprint density at radius 2 is 2.21 bits per heavy atom. The Hall–Kier alpha value is -2.61. The van der Waals surface area contributed by atoms with E-state index in [4.69, 9.17) is 9.47 Å². The highest BCUT2D eigenvalue weighted by molar-refractivity contribution is 6.09. The number of urea groups is 1. The summed E-state index contributed by atoms with van der Waals surface area (Å²) in [5, 5.41) is 5.54. The van der Waals surface area contributed by atoms with E-state index < -0.39 is 17.5 Å². The molecular weight excluding hydrogens is 362 g/mol. The second kappa shape index (κ2) is 8.18. The zero-order valence-corrected chi connectivity index (χ0v) is 16.5. The first-order valence-corrected chi connectivity index (χ1v) is 9.58. The van der Waals surface area contributed by atoms with Crippen molar-refractivity contribution < 1.29 is 23.9 Å². The molecule has 0 radical (unpaired) electrons. The van der Waals surface area contributed by atoms with Gasteiger partial charge in [-0.3, -0.25) is 14.5 Å². The van der Waals surface area contributed by atoms with E-state index in [-0.39, 0.29) is 18.6 Å². The van der Waals surface area contributed by atoms with Crippen molar-refractivity contribution in [3.05, 3.63) is 29.3 Å². The van der Waals surface area contributed by atoms with Crippen molar-refractivity contribution in [2.45, 2.75) is 44.8 Å². The van der Waals surface area contributed by atoms with Gasteiger partial charge in [0.2, 0.25) is 5.91 Å². The number of imide groups is 1. The number of carbonyl (C=O) groups is 3. The van der Waals surface area contributed by atoms with Crippen molar-refractivity contribution >= 4 is 17.8 Å². The van der Waals surface area contributed by atoms with Crippen LogP contribution >= 0.6 is 0 Å². The van der Waals surface area contributed by atoms with Gasteiger partial charge in [-0.1, -0.05) is 13.0 Å². The molecule has 2 unspecified atom stereocenters. The molecule has 2 aliphatic heterocycles. The van der Waals surface area contributed by atoms with Crippen molar-refractivity contribution in [1.29, 1.82) is 0 Å². The zero-order valence-electron chi connectivity index (χ0n) is 16.5. The maximum absolute atomic E-state index is 13.1. The monoisotopic (exact) mass is 389 g/mol. The molecule has 0 bridgehead atoms. The number of benzene rings is 1. The Balaban J connectivity index is 1.73. The molecule has 0 aliphatic carbocycles. The Labute approximate surface area is 164 Å². The van der Waals surface area contributed by atoms with E-state index in [0.717, 1.165) is 23.3 Å². The van der Waals surface area contributed by atoms with E-state index in [9.17, 15) is 14.4 Å². The van der Waals surface area contributed by atoms with Crippen molar-refractivity contribution in [3.63, 3.8) is 0 Å². The third-order valence-electron chi connectivity index (χ3n) is 5.45. The zero-order chi connectivity index (χ0) is 20.3. The van der Waals surface area contributed by atoms with Crippen molar-refractivity contribution in [2.75, 3.05) is 26.8 Å². The minimum Gasteiger partial charge on any atom is -0.496 e. The summed E-state index contributed by atoms with van der Waals surface area (Å²) in [6.07, 6.45) is 2.26. The van der Waals surface area contributed by atoms with Crippen LogP contribution in [-0.2, 0) is 19.9 Å². The van der Waals surface area contributed by atoms with E-state index in [1.165, 1.54) is 0 Å². The van der Waals surface area contributed by atoms with Crippen LogP contribution in [0.3, 0.4) is 0 Å². The van der Waals surface area contributed by atoms with Crippen LogP contribution in [0.2, 0.25) is 0 Å². The molecule has 2 heterocycles. The lowest BCUT2D eigenvalue weighted by Crippen LogP contribution is -2.45. The highest BCUT2D eigenvalue weighted by Gasteiger charge is 2.51. The molecule has 0 aromatic heterocycles. The van der Waals surface area contributed by atoms with Gasteiger partial charge in [-0.15, -0.1) is 0 Å². The van der Waals surface area contributed by atoms with Gasteiger partial charge in [0.15, 0.2) is 0 Å². The van der Waals surface area contributed by atoms with E-state index in [1.807, 2.05) is 19.9 Å². The second-order valence-electron chi connectivity index (χ2n) is 7.20. The number of nitrogens with one attached hydrogen (secondary N) is 2. The number of ether oxygens (including phenoxy) is 2. The summed E-state index contributed by atoms with van der Waals surface area (Å²) in [6.45, 7) is 4.49. The average molecular weight is 389 g/mol. The molecule has 2 aliphatic rings. The summed E-state index contributed by atoms with van der Waals surface area (Å²) < 4.78 is 10.7. The van der Waals surface area contributed by atoms with Crippen LogP contribution in [-0.4, -0.2) is 55.7 Å². The number of methoxy groups -OCH3 is 1. The number of rotatable bonds is 7. The van der Waals surface area contributed by atoms with Gasteiger partial charge in [0, 0.05) is 13.2 Å². The fraction of sp³-hybridized carbons (Fsp3) is 0.550. The average Bonchev–Trinajstić information content (AvgIpc) is 3.29. The number of nitrogens with zero attached hydrogens (tertiary/aromatic N) is 1. The third-order valence-corrected chi connectivity index (χ3v) is 5.45. The minimum atomic E-state index is -1.18. The Morgan fingerprint density at radius 3 is 2.82 bits per heavy atom. The SMILES string of the molecule is CCC1(c2ccc(OC)c(C)c2)NC(=O)N(CC(=O)NCC2CCCO2)C1=O. The first kappa shape index (κ1) is 20.1. The second-order valence-corrected chi connectivity index (χ2v) is 7.20. The molecule has 1 aromatic carbocycles. The lowest BCUT2D eigenvalue weighted by Gasteiger charge is -2.26. The van der Waals surface area contributed by atoms with Gasteiger partial charge >= 0.3 is 6.03 Å². The van der Waals surface area contributed by atoms with Gasteiger partial charge in [-0.2, -0.15) is 0 Å². The van der Waals surface area contributed by atoms with Crippen LogP contribution in [0.15, 0.2) is 18.2 Å². The molecule has 8 nitrogen and oxygen atoms in total. The molecule has 3 rings (SSSR count). The summed E-state index contributed by atoms with van der Waals surface area (Å²) >= 11 is 0. The largest absolute Gasteiger partial charge is 0.496 e. The van der Waals surface area contributed by atoms with Crippen molar-refractivity contribution in [1.82, 2.24) is 15.5 Å². The van der Waals surface area contributed by atoms with Crippen LogP contribution in [0.4, 0.5) is 4.79 Å². The molecule has 1 aromatic rings. The molecule has 2 atom stereocenters. The van der Waals surface area contributed by atoms with Gasteiger partial charge in [0.05, 0.1) is 13.2 Å². The highest BCUT2D eigenvalue weighted by atomic mass is 16.5. The predicted octanol–water partition coefficient (Wildman–Crippen LogP) is 1.46. The van der Waals surface area contributed by atoms with Gasteiger partial charge in [0.25, 0.3) is 5.91 Å². The van der Waals surface area contributed by atoms with E-state index in [1.54, 1.807) is 19.2 Å². The fourth-order valence-electron chi connectivity index (χ4n) is 3.79. The summed E-state index contributed by atoms with van der Waals surface area (Å²) in [5.41, 5.74) is 0.361. The Morgan fingerprint density at radius 1 is 1.43 bits per heavy atom. The predicted molar refractivity (Wildman–Crippen MR) is 102 cm³/mol. The van der Waals surface area contributed by atoms with Crippen molar-refractivity contribution in [3.8, 4) is 5.75 Å². The Bertz CT molecular complexity index is 775. The maximum Gasteiger partial charge on any atom is 0.325 e. The fourth-order valence-corrected chi connectivity index (χ4v) is 3.79. The Kier molecular flexibility index (Phi) is 5.88. The van der Waals surface area contributed by atoms with E-state index >= 15 is 0 Å². The lowest BCUT2D eigenvalue weighted by atomic mass is 9.86. The highest BCUT2D eigenvalue weighted by Crippen LogP contribution is 2.34. The maximum atomic E-state index is 13.1. The molecule has 4 amide bonds. The van der Waals surface area contributed by atoms with E-state index in [2.05, 4.69) is 10.6 Å².